The van der Waals surface area contributed by atoms with E-state index in [0.717, 1.165) is 12.8 Å². The Morgan fingerprint density at radius 1 is 1.38 bits per heavy atom. The van der Waals surface area contributed by atoms with Gasteiger partial charge in [0.1, 0.15) is 16.4 Å². The van der Waals surface area contributed by atoms with Gasteiger partial charge >= 0.3 is 0 Å². The minimum absolute atomic E-state index is 0.110. The molecule has 0 saturated carbocycles. The predicted molar refractivity (Wildman–Crippen MR) is 79.5 cm³/mol. The van der Waals surface area contributed by atoms with Crippen LogP contribution in [0.2, 0.25) is 0 Å². The Morgan fingerprint density at radius 3 is 2.67 bits per heavy atom. The van der Waals surface area contributed by atoms with Crippen LogP contribution in [0.5, 0.6) is 0 Å². The van der Waals surface area contributed by atoms with E-state index in [1.807, 2.05) is 6.92 Å². The molecule has 2 heterocycles. The smallest absolute Gasteiger partial charge is 0.244 e. The van der Waals surface area contributed by atoms with Crippen LogP contribution in [0.3, 0.4) is 0 Å². The Labute approximate surface area is 126 Å². The molecular formula is C14H24N2O4S. The van der Waals surface area contributed by atoms with Crippen LogP contribution in [0.1, 0.15) is 31.3 Å². The van der Waals surface area contributed by atoms with Gasteiger partial charge in [0, 0.05) is 25.3 Å². The minimum atomic E-state index is -3.55. The summed E-state index contributed by atoms with van der Waals surface area (Å²) in [5, 5.41) is 2.95. The summed E-state index contributed by atoms with van der Waals surface area (Å²) in [7, 11) is -1.76. The van der Waals surface area contributed by atoms with Gasteiger partial charge in [-0.2, -0.15) is 0 Å². The van der Waals surface area contributed by atoms with E-state index in [-0.39, 0.29) is 10.9 Å². The predicted octanol–water partition coefficient (Wildman–Crippen LogP) is 1.40. The zero-order valence-corrected chi connectivity index (χ0v) is 13.6. The van der Waals surface area contributed by atoms with Crippen LogP contribution >= 0.6 is 0 Å². The zero-order chi connectivity index (χ0) is 15.5. The third-order valence-electron chi connectivity index (χ3n) is 3.88. The van der Waals surface area contributed by atoms with Gasteiger partial charge in [-0.05, 0) is 39.7 Å². The molecule has 1 fully saturated rings. The molecule has 21 heavy (non-hydrogen) atoms. The highest BCUT2D eigenvalue weighted by Crippen LogP contribution is 2.23. The standard InChI is InChI=1S/C14H24N2O4S/c1-10(12-4-6-19-7-5-12)16-21(17,18)14-8-13(9-15-3)20-11(14)2/h8,10,12,15-16H,4-7,9H2,1-3H3. The summed E-state index contributed by atoms with van der Waals surface area (Å²) < 4.78 is 38.6. The monoisotopic (exact) mass is 316 g/mol. The highest BCUT2D eigenvalue weighted by atomic mass is 32.2. The lowest BCUT2D eigenvalue weighted by atomic mass is 9.94. The summed E-state index contributed by atoms with van der Waals surface area (Å²) in [5.41, 5.74) is 0. The molecule has 6 nitrogen and oxygen atoms in total. The van der Waals surface area contributed by atoms with E-state index >= 15 is 0 Å². The number of hydrogen-bond donors (Lipinski definition) is 2. The molecule has 1 aromatic rings. The SMILES string of the molecule is CNCc1cc(S(=O)(=O)NC(C)C2CCOCC2)c(C)o1. The first-order chi connectivity index (χ1) is 9.94. The second kappa shape index (κ2) is 6.91. The van der Waals surface area contributed by atoms with Crippen LogP contribution in [0.15, 0.2) is 15.4 Å². The van der Waals surface area contributed by atoms with Crippen molar-refractivity contribution in [2.75, 3.05) is 20.3 Å². The van der Waals surface area contributed by atoms with Gasteiger partial charge in [0.25, 0.3) is 0 Å². The van der Waals surface area contributed by atoms with Crippen molar-refractivity contribution < 1.29 is 17.6 Å². The van der Waals surface area contributed by atoms with Crippen molar-refractivity contribution in [3.05, 3.63) is 17.6 Å². The van der Waals surface area contributed by atoms with E-state index in [2.05, 4.69) is 10.0 Å². The molecule has 1 saturated heterocycles. The van der Waals surface area contributed by atoms with Crippen LogP contribution in [-0.2, 0) is 21.3 Å². The van der Waals surface area contributed by atoms with Crippen molar-refractivity contribution in [3.63, 3.8) is 0 Å². The minimum Gasteiger partial charge on any atom is -0.464 e. The number of sulfonamides is 1. The number of furan rings is 1. The van der Waals surface area contributed by atoms with Gasteiger partial charge in [-0.15, -0.1) is 0 Å². The van der Waals surface area contributed by atoms with Crippen molar-refractivity contribution in [1.82, 2.24) is 10.0 Å². The molecule has 1 unspecified atom stereocenters. The van der Waals surface area contributed by atoms with E-state index in [4.69, 9.17) is 9.15 Å². The number of ether oxygens (including phenoxy) is 1. The second-order valence-corrected chi connectivity index (χ2v) is 7.21. The molecule has 1 atom stereocenters. The van der Waals surface area contributed by atoms with Gasteiger partial charge in [0.05, 0.1) is 6.54 Å². The van der Waals surface area contributed by atoms with Gasteiger partial charge in [-0.1, -0.05) is 0 Å². The summed E-state index contributed by atoms with van der Waals surface area (Å²) in [6, 6.07) is 1.48. The third kappa shape index (κ3) is 4.06. The van der Waals surface area contributed by atoms with Gasteiger partial charge in [0.2, 0.25) is 10.0 Å². The fraction of sp³-hybridized carbons (Fsp3) is 0.714. The Morgan fingerprint density at radius 2 is 2.05 bits per heavy atom. The normalized spacial score (nSPS) is 18.8. The van der Waals surface area contributed by atoms with E-state index in [0.29, 0.717) is 37.2 Å². The number of hydrogen-bond acceptors (Lipinski definition) is 5. The first-order valence-electron chi connectivity index (χ1n) is 7.28. The molecule has 2 N–H and O–H groups in total. The van der Waals surface area contributed by atoms with E-state index in [1.165, 1.54) is 0 Å². The van der Waals surface area contributed by atoms with Crippen molar-refractivity contribution in [1.29, 1.82) is 0 Å². The molecule has 0 amide bonds. The van der Waals surface area contributed by atoms with Crippen molar-refractivity contribution >= 4 is 10.0 Å². The second-order valence-electron chi connectivity index (χ2n) is 5.52. The fourth-order valence-corrected chi connectivity index (χ4v) is 4.19. The average Bonchev–Trinajstić information content (AvgIpc) is 2.81. The molecule has 0 aliphatic carbocycles. The lowest BCUT2D eigenvalue weighted by Crippen LogP contribution is -2.40. The third-order valence-corrected chi connectivity index (χ3v) is 5.54. The topological polar surface area (TPSA) is 80.6 Å². The first kappa shape index (κ1) is 16.5. The lowest BCUT2D eigenvalue weighted by Gasteiger charge is -2.28. The Bertz CT molecular complexity index is 562. The highest BCUT2D eigenvalue weighted by molar-refractivity contribution is 7.89. The number of aryl methyl sites for hydroxylation is 1. The molecule has 2 rings (SSSR count). The molecule has 0 bridgehead atoms. The summed E-state index contributed by atoms with van der Waals surface area (Å²) in [5.74, 6) is 1.36. The van der Waals surface area contributed by atoms with E-state index < -0.39 is 10.0 Å². The summed E-state index contributed by atoms with van der Waals surface area (Å²) in [6.07, 6.45) is 1.78. The van der Waals surface area contributed by atoms with Crippen LogP contribution in [0.4, 0.5) is 0 Å². The molecule has 0 aromatic carbocycles. The summed E-state index contributed by atoms with van der Waals surface area (Å²) >= 11 is 0. The number of nitrogens with one attached hydrogen (secondary N) is 2. The van der Waals surface area contributed by atoms with E-state index in [9.17, 15) is 8.42 Å². The maximum Gasteiger partial charge on any atom is 0.244 e. The quantitative estimate of drug-likeness (QED) is 0.829. The molecule has 1 aliphatic rings. The molecule has 120 valence electrons. The zero-order valence-electron chi connectivity index (χ0n) is 12.8. The van der Waals surface area contributed by atoms with Gasteiger partial charge in [-0.25, -0.2) is 13.1 Å². The number of rotatable bonds is 6. The fourth-order valence-electron chi connectivity index (χ4n) is 2.67. The van der Waals surface area contributed by atoms with Crippen LogP contribution in [0, 0.1) is 12.8 Å². The average molecular weight is 316 g/mol. The van der Waals surface area contributed by atoms with Crippen molar-refractivity contribution in [2.24, 2.45) is 5.92 Å². The Hall–Kier alpha value is -0.890. The van der Waals surface area contributed by atoms with Crippen LogP contribution < -0.4 is 10.0 Å². The van der Waals surface area contributed by atoms with Crippen LogP contribution in [-0.4, -0.2) is 34.7 Å². The van der Waals surface area contributed by atoms with Crippen molar-refractivity contribution in [3.8, 4) is 0 Å². The van der Waals surface area contributed by atoms with Gasteiger partial charge in [0.15, 0.2) is 0 Å². The Balaban J connectivity index is 2.10. The highest BCUT2D eigenvalue weighted by Gasteiger charge is 2.28. The lowest BCUT2D eigenvalue weighted by molar-refractivity contribution is 0.0585. The first-order valence-corrected chi connectivity index (χ1v) is 8.76. The van der Waals surface area contributed by atoms with Gasteiger partial charge < -0.3 is 14.5 Å². The molecule has 0 radical (unpaired) electrons. The molecule has 0 spiro atoms. The van der Waals surface area contributed by atoms with Crippen LogP contribution in [0.25, 0.3) is 0 Å². The maximum absolute atomic E-state index is 12.5. The molecular weight excluding hydrogens is 292 g/mol. The molecule has 7 heteroatoms. The maximum atomic E-state index is 12.5. The van der Waals surface area contributed by atoms with Gasteiger partial charge in [-0.3, -0.25) is 0 Å². The molecule has 1 aliphatic heterocycles. The summed E-state index contributed by atoms with van der Waals surface area (Å²) in [4.78, 5) is 0.228. The Kier molecular flexibility index (Phi) is 5.43. The van der Waals surface area contributed by atoms with Crippen molar-refractivity contribution in [2.45, 2.75) is 44.2 Å². The summed E-state index contributed by atoms with van der Waals surface area (Å²) in [6.45, 7) is 5.50. The largest absolute Gasteiger partial charge is 0.464 e. The molecule has 1 aromatic heterocycles. The van der Waals surface area contributed by atoms with E-state index in [1.54, 1.807) is 20.0 Å².